The molecule has 3 N–H and O–H groups in total. The van der Waals surface area contributed by atoms with Crippen molar-refractivity contribution in [2.24, 2.45) is 0 Å². The predicted octanol–water partition coefficient (Wildman–Crippen LogP) is -1.51. The molecule has 11 nitrogen and oxygen atoms in total. The van der Waals surface area contributed by atoms with E-state index in [1.165, 1.54) is 10.8 Å². The number of aromatic nitrogens is 2. The van der Waals surface area contributed by atoms with Crippen molar-refractivity contribution in [3.63, 3.8) is 0 Å². The lowest BCUT2D eigenvalue weighted by molar-refractivity contribution is -0.134. The fourth-order valence-electron chi connectivity index (χ4n) is 2.34. The van der Waals surface area contributed by atoms with Gasteiger partial charge >= 0.3 is 17.6 Å². The van der Waals surface area contributed by atoms with Crippen molar-refractivity contribution in [2.75, 3.05) is 31.2 Å². The number of carbonyl (C=O) groups excluding carboxylic acids is 1. The zero-order chi connectivity index (χ0) is 20.4. The van der Waals surface area contributed by atoms with E-state index in [1.54, 1.807) is 5.01 Å². The van der Waals surface area contributed by atoms with E-state index in [1.807, 2.05) is 6.92 Å². The van der Waals surface area contributed by atoms with Gasteiger partial charge in [-0.05, 0) is 6.42 Å². The monoisotopic (exact) mass is 382 g/mol. The van der Waals surface area contributed by atoms with Gasteiger partial charge in [-0.3, -0.25) is 14.2 Å². The van der Waals surface area contributed by atoms with Crippen LogP contribution in [0.2, 0.25) is 0 Å². The van der Waals surface area contributed by atoms with Crippen molar-refractivity contribution in [3.8, 4) is 0 Å². The third kappa shape index (κ3) is 6.55. The van der Waals surface area contributed by atoms with Gasteiger partial charge in [-0.25, -0.2) is 14.4 Å². The van der Waals surface area contributed by atoms with Gasteiger partial charge < -0.3 is 20.5 Å². The predicted molar refractivity (Wildman–Crippen MR) is 95.9 cm³/mol. The lowest BCUT2D eigenvalue weighted by Gasteiger charge is -2.30. The summed E-state index contributed by atoms with van der Waals surface area (Å²) in [7, 11) is 0. The Balaban J connectivity index is 0.000000387. The largest absolute Gasteiger partial charge is 0.478 e. The molecule has 0 spiro atoms. The number of hydrogen-bond donors (Lipinski definition) is 3. The number of piperazine rings is 1. The fourth-order valence-corrected chi connectivity index (χ4v) is 2.34. The van der Waals surface area contributed by atoms with E-state index in [0.29, 0.717) is 51.2 Å². The highest BCUT2D eigenvalue weighted by atomic mass is 16.4. The molecular formula is C16H22N4O7. The summed E-state index contributed by atoms with van der Waals surface area (Å²) in [5, 5.41) is 20.5. The average Bonchev–Trinajstić information content (AvgIpc) is 2.64. The Morgan fingerprint density at radius 3 is 2.15 bits per heavy atom. The molecule has 1 aliphatic rings. The molecule has 148 valence electrons. The van der Waals surface area contributed by atoms with Gasteiger partial charge in [-0.1, -0.05) is 6.92 Å². The van der Waals surface area contributed by atoms with Crippen LogP contribution in [0, 0.1) is 0 Å². The molecule has 0 radical (unpaired) electrons. The summed E-state index contributed by atoms with van der Waals surface area (Å²) in [5.41, 5.74) is -0.889. The summed E-state index contributed by atoms with van der Waals surface area (Å²) in [6, 6.07) is 0. The normalized spacial score (nSPS) is 13.7. The Morgan fingerprint density at radius 2 is 1.70 bits per heavy atom. The van der Waals surface area contributed by atoms with Crippen LogP contribution in [0.1, 0.15) is 23.7 Å². The summed E-state index contributed by atoms with van der Waals surface area (Å²) in [6.45, 7) is 5.00. The molecular weight excluding hydrogens is 360 g/mol. The molecule has 0 unspecified atom stereocenters. The standard InChI is InChI=1S/C12H18N4O3.C4H4O4/c1-2-5-14-8-10(9-17)11(18)16(12(14)19)15-6-3-13-4-7-15;5-3(6)1-2-4(7)8/h8-9,13H,2-7H2,1H3;1-2H,(H,5,6)(H,7,8)/b;2-1+. The summed E-state index contributed by atoms with van der Waals surface area (Å²) >= 11 is 0. The molecule has 0 saturated carbocycles. The van der Waals surface area contributed by atoms with Crippen LogP contribution in [-0.4, -0.2) is 63.9 Å². The van der Waals surface area contributed by atoms with Crippen molar-refractivity contribution in [1.82, 2.24) is 14.6 Å². The molecule has 0 amide bonds. The van der Waals surface area contributed by atoms with E-state index in [4.69, 9.17) is 10.2 Å². The van der Waals surface area contributed by atoms with Crippen molar-refractivity contribution < 1.29 is 24.6 Å². The van der Waals surface area contributed by atoms with Gasteiger partial charge in [0, 0.05) is 51.1 Å². The summed E-state index contributed by atoms with van der Waals surface area (Å²) in [6.07, 6.45) is 3.73. The quantitative estimate of drug-likeness (QED) is 0.394. The molecule has 0 atom stereocenters. The van der Waals surface area contributed by atoms with Crippen LogP contribution in [0.3, 0.4) is 0 Å². The molecule has 2 rings (SSSR count). The second-order valence-corrected chi connectivity index (χ2v) is 5.51. The van der Waals surface area contributed by atoms with Crippen LogP contribution < -0.4 is 21.6 Å². The molecule has 0 bridgehead atoms. The molecule has 11 heteroatoms. The molecule has 2 heterocycles. The number of carboxylic acid groups (broad SMARTS) is 2. The third-order valence-corrected chi connectivity index (χ3v) is 3.50. The Labute approximate surface area is 154 Å². The number of rotatable bonds is 6. The summed E-state index contributed by atoms with van der Waals surface area (Å²) in [4.78, 5) is 54.5. The van der Waals surface area contributed by atoms with E-state index in [-0.39, 0.29) is 11.3 Å². The number of nitrogens with zero attached hydrogens (tertiary/aromatic N) is 3. The Hall–Kier alpha value is -3.21. The van der Waals surface area contributed by atoms with E-state index in [0.717, 1.165) is 11.1 Å². The lowest BCUT2D eigenvalue weighted by atomic mass is 10.3. The van der Waals surface area contributed by atoms with Crippen LogP contribution >= 0.6 is 0 Å². The molecule has 0 aromatic carbocycles. The van der Waals surface area contributed by atoms with Crippen LogP contribution in [0.5, 0.6) is 0 Å². The molecule has 1 aromatic rings. The van der Waals surface area contributed by atoms with E-state index in [2.05, 4.69) is 5.32 Å². The van der Waals surface area contributed by atoms with Crippen molar-refractivity contribution in [1.29, 1.82) is 0 Å². The highest BCUT2D eigenvalue weighted by molar-refractivity contribution is 5.89. The first-order chi connectivity index (χ1) is 12.8. The Morgan fingerprint density at radius 1 is 1.15 bits per heavy atom. The van der Waals surface area contributed by atoms with Crippen LogP contribution in [0.15, 0.2) is 27.9 Å². The van der Waals surface area contributed by atoms with Gasteiger partial charge in [-0.2, -0.15) is 4.68 Å². The topological polar surface area (TPSA) is 151 Å². The van der Waals surface area contributed by atoms with Gasteiger partial charge in [0.1, 0.15) is 0 Å². The van der Waals surface area contributed by atoms with Crippen molar-refractivity contribution in [2.45, 2.75) is 19.9 Å². The first kappa shape index (κ1) is 21.8. The molecule has 27 heavy (non-hydrogen) atoms. The number of carbonyl (C=O) groups is 3. The van der Waals surface area contributed by atoms with Gasteiger partial charge in [0.25, 0.3) is 5.56 Å². The molecule has 0 aliphatic carbocycles. The maximum absolute atomic E-state index is 12.3. The second kappa shape index (κ2) is 10.7. The minimum absolute atomic E-state index is 0.0200. The molecule has 1 saturated heterocycles. The highest BCUT2D eigenvalue weighted by Crippen LogP contribution is 1.92. The summed E-state index contributed by atoms with van der Waals surface area (Å²) in [5.74, 6) is -2.51. The lowest BCUT2D eigenvalue weighted by Crippen LogP contribution is -2.59. The van der Waals surface area contributed by atoms with Crippen LogP contribution in [0.25, 0.3) is 0 Å². The second-order valence-electron chi connectivity index (χ2n) is 5.51. The molecule has 1 fully saturated rings. The van der Waals surface area contributed by atoms with Crippen LogP contribution in [-0.2, 0) is 16.1 Å². The maximum Gasteiger partial charge on any atom is 0.350 e. The van der Waals surface area contributed by atoms with Crippen molar-refractivity contribution in [3.05, 3.63) is 44.8 Å². The zero-order valence-electron chi connectivity index (χ0n) is 14.8. The molecule has 1 aliphatic heterocycles. The maximum atomic E-state index is 12.3. The first-order valence-corrected chi connectivity index (χ1v) is 8.23. The summed E-state index contributed by atoms with van der Waals surface area (Å²) < 4.78 is 2.52. The zero-order valence-corrected chi connectivity index (χ0v) is 14.8. The Kier molecular flexibility index (Phi) is 8.66. The third-order valence-electron chi connectivity index (χ3n) is 3.50. The number of aldehydes is 1. The minimum Gasteiger partial charge on any atom is -0.478 e. The average molecular weight is 382 g/mol. The van der Waals surface area contributed by atoms with E-state index < -0.39 is 17.5 Å². The number of hydrogen-bond acceptors (Lipinski definition) is 7. The first-order valence-electron chi connectivity index (χ1n) is 8.23. The minimum atomic E-state index is -1.26. The fraction of sp³-hybridized carbons (Fsp3) is 0.438. The van der Waals surface area contributed by atoms with Gasteiger partial charge in [0.15, 0.2) is 6.29 Å². The number of nitrogens with one attached hydrogen (secondary N) is 1. The SMILES string of the molecule is CCCn1cc(C=O)c(=O)n(N2CCNCC2)c1=O.O=C(O)/C=C/C(=O)O. The van der Waals surface area contributed by atoms with E-state index in [9.17, 15) is 24.0 Å². The smallest absolute Gasteiger partial charge is 0.350 e. The Bertz CT molecular complexity index is 803. The van der Waals surface area contributed by atoms with Crippen molar-refractivity contribution >= 4 is 18.2 Å². The number of aryl methyl sites for hydroxylation is 1. The van der Waals surface area contributed by atoms with Gasteiger partial charge in [-0.15, -0.1) is 0 Å². The highest BCUT2D eigenvalue weighted by Gasteiger charge is 2.18. The number of aliphatic carboxylic acids is 2. The number of carboxylic acids is 2. The van der Waals surface area contributed by atoms with Gasteiger partial charge in [0.05, 0.1) is 5.56 Å². The van der Waals surface area contributed by atoms with E-state index >= 15 is 0 Å². The van der Waals surface area contributed by atoms with Gasteiger partial charge in [0.2, 0.25) is 0 Å². The van der Waals surface area contributed by atoms with Crippen LogP contribution in [0.4, 0.5) is 0 Å². The molecule has 1 aromatic heterocycles.